The summed E-state index contributed by atoms with van der Waals surface area (Å²) < 4.78 is 0. The van der Waals surface area contributed by atoms with E-state index in [1.807, 2.05) is 11.8 Å². The molecule has 2 N–H and O–H groups in total. The lowest BCUT2D eigenvalue weighted by molar-refractivity contribution is 0.389. The summed E-state index contributed by atoms with van der Waals surface area (Å²) in [5, 5.41) is 9.71. The first-order valence-corrected chi connectivity index (χ1v) is 6.45. The van der Waals surface area contributed by atoms with E-state index in [9.17, 15) is 0 Å². The lowest BCUT2D eigenvalue weighted by Crippen LogP contribution is -2.41. The Morgan fingerprint density at radius 1 is 1.64 bits per heavy atom. The van der Waals surface area contributed by atoms with Crippen molar-refractivity contribution in [3.63, 3.8) is 0 Å². The molecular formula is C11H20N2S. The predicted octanol–water partition coefficient (Wildman–Crippen LogP) is 2.54. The van der Waals surface area contributed by atoms with Crippen LogP contribution in [0.1, 0.15) is 39.5 Å². The molecule has 0 heterocycles. The van der Waals surface area contributed by atoms with Crippen LogP contribution in [0, 0.1) is 17.2 Å². The third-order valence-corrected chi connectivity index (χ3v) is 4.14. The van der Waals surface area contributed by atoms with E-state index in [2.05, 4.69) is 19.9 Å². The Hall–Kier alpha value is -0.200. The average Bonchev–Trinajstić information content (AvgIpc) is 2.48. The van der Waals surface area contributed by atoms with Crippen molar-refractivity contribution in [1.29, 1.82) is 5.26 Å². The molecular weight excluding hydrogens is 192 g/mol. The van der Waals surface area contributed by atoms with E-state index in [0.717, 1.165) is 31.4 Å². The van der Waals surface area contributed by atoms with Crippen LogP contribution in [-0.2, 0) is 0 Å². The number of hydrogen-bond acceptors (Lipinski definition) is 3. The SMILES string of the molecule is CC(C)SCCC1CCCC1(N)C#N. The molecule has 80 valence electrons. The summed E-state index contributed by atoms with van der Waals surface area (Å²) in [6, 6.07) is 2.30. The van der Waals surface area contributed by atoms with Gasteiger partial charge in [-0.3, -0.25) is 0 Å². The van der Waals surface area contributed by atoms with Gasteiger partial charge < -0.3 is 5.73 Å². The van der Waals surface area contributed by atoms with Crippen molar-refractivity contribution in [1.82, 2.24) is 0 Å². The summed E-state index contributed by atoms with van der Waals surface area (Å²) in [7, 11) is 0. The molecule has 2 atom stereocenters. The van der Waals surface area contributed by atoms with Gasteiger partial charge in [0, 0.05) is 0 Å². The molecule has 1 saturated carbocycles. The predicted molar refractivity (Wildman–Crippen MR) is 62.1 cm³/mol. The molecule has 0 saturated heterocycles. The molecule has 14 heavy (non-hydrogen) atoms. The standard InChI is InChI=1S/C11H20N2S/c1-9(2)14-7-5-10-4-3-6-11(10,13)8-12/h9-10H,3-7,13H2,1-2H3. The highest BCUT2D eigenvalue weighted by Crippen LogP contribution is 2.36. The van der Waals surface area contributed by atoms with Crippen LogP contribution in [0.4, 0.5) is 0 Å². The van der Waals surface area contributed by atoms with Crippen LogP contribution in [0.5, 0.6) is 0 Å². The Morgan fingerprint density at radius 3 is 2.93 bits per heavy atom. The fourth-order valence-electron chi connectivity index (χ4n) is 2.10. The van der Waals surface area contributed by atoms with Gasteiger partial charge in [-0.15, -0.1) is 0 Å². The molecule has 0 aromatic rings. The van der Waals surface area contributed by atoms with E-state index in [1.54, 1.807) is 0 Å². The lowest BCUT2D eigenvalue weighted by atomic mass is 9.88. The van der Waals surface area contributed by atoms with Crippen LogP contribution in [0.2, 0.25) is 0 Å². The Bertz CT molecular complexity index is 222. The van der Waals surface area contributed by atoms with Gasteiger partial charge in [-0.25, -0.2) is 0 Å². The molecule has 0 bridgehead atoms. The quantitative estimate of drug-likeness (QED) is 0.779. The van der Waals surface area contributed by atoms with Gasteiger partial charge in [0.15, 0.2) is 0 Å². The molecule has 2 nitrogen and oxygen atoms in total. The van der Waals surface area contributed by atoms with Gasteiger partial charge in [0.05, 0.1) is 6.07 Å². The van der Waals surface area contributed by atoms with Crippen molar-refractivity contribution in [2.75, 3.05) is 5.75 Å². The van der Waals surface area contributed by atoms with Gasteiger partial charge in [0.25, 0.3) is 0 Å². The second-order valence-electron chi connectivity index (χ2n) is 4.45. The normalized spacial score (nSPS) is 32.1. The summed E-state index contributed by atoms with van der Waals surface area (Å²) in [5.41, 5.74) is 5.53. The second kappa shape index (κ2) is 5.04. The summed E-state index contributed by atoms with van der Waals surface area (Å²) in [5.74, 6) is 1.57. The summed E-state index contributed by atoms with van der Waals surface area (Å²) in [4.78, 5) is 0. The number of hydrogen-bond donors (Lipinski definition) is 1. The molecule has 1 fully saturated rings. The molecule has 0 aliphatic heterocycles. The Balaban J connectivity index is 2.34. The number of nitriles is 1. The number of nitrogens with two attached hydrogens (primary N) is 1. The minimum Gasteiger partial charge on any atom is -0.313 e. The summed E-state index contributed by atoms with van der Waals surface area (Å²) in [6.45, 7) is 4.42. The first kappa shape index (κ1) is 11.9. The maximum atomic E-state index is 9.02. The zero-order valence-corrected chi connectivity index (χ0v) is 9.94. The van der Waals surface area contributed by atoms with Gasteiger partial charge in [-0.2, -0.15) is 17.0 Å². The zero-order chi connectivity index (χ0) is 10.6. The van der Waals surface area contributed by atoms with Gasteiger partial charge >= 0.3 is 0 Å². The topological polar surface area (TPSA) is 49.8 Å². The van der Waals surface area contributed by atoms with E-state index >= 15 is 0 Å². The molecule has 0 amide bonds. The maximum Gasteiger partial charge on any atom is 0.107 e. The highest BCUT2D eigenvalue weighted by Gasteiger charge is 2.39. The lowest BCUT2D eigenvalue weighted by Gasteiger charge is -2.23. The number of nitrogens with zero attached hydrogens (tertiary/aromatic N) is 1. The summed E-state index contributed by atoms with van der Waals surface area (Å²) in [6.07, 6.45) is 4.26. The van der Waals surface area contributed by atoms with Crippen molar-refractivity contribution in [3.8, 4) is 6.07 Å². The number of thioether (sulfide) groups is 1. The smallest absolute Gasteiger partial charge is 0.107 e. The molecule has 1 aliphatic carbocycles. The number of rotatable bonds is 4. The van der Waals surface area contributed by atoms with E-state index in [4.69, 9.17) is 11.0 Å². The van der Waals surface area contributed by atoms with E-state index in [1.165, 1.54) is 0 Å². The van der Waals surface area contributed by atoms with Crippen LogP contribution in [-0.4, -0.2) is 16.5 Å². The molecule has 3 heteroatoms. The minimum absolute atomic E-state index is 0.429. The third-order valence-electron chi connectivity index (χ3n) is 3.00. The first-order valence-electron chi connectivity index (χ1n) is 5.40. The van der Waals surface area contributed by atoms with Crippen molar-refractivity contribution in [2.24, 2.45) is 11.7 Å². The fourth-order valence-corrected chi connectivity index (χ4v) is 2.99. The molecule has 2 unspecified atom stereocenters. The summed E-state index contributed by atoms with van der Waals surface area (Å²) >= 11 is 1.96. The molecule has 1 aliphatic rings. The molecule has 0 radical (unpaired) electrons. The van der Waals surface area contributed by atoms with Gasteiger partial charge in [-0.1, -0.05) is 20.3 Å². The average molecular weight is 212 g/mol. The van der Waals surface area contributed by atoms with Crippen LogP contribution in [0.25, 0.3) is 0 Å². The Labute approximate surface area is 91.2 Å². The van der Waals surface area contributed by atoms with Crippen molar-refractivity contribution in [3.05, 3.63) is 0 Å². The van der Waals surface area contributed by atoms with Crippen molar-refractivity contribution < 1.29 is 0 Å². The first-order chi connectivity index (χ1) is 6.58. The highest BCUT2D eigenvalue weighted by molar-refractivity contribution is 7.99. The van der Waals surface area contributed by atoms with Crippen LogP contribution < -0.4 is 5.73 Å². The van der Waals surface area contributed by atoms with E-state index in [0.29, 0.717) is 11.2 Å². The van der Waals surface area contributed by atoms with Gasteiger partial charge in [-0.05, 0) is 36.2 Å². The zero-order valence-electron chi connectivity index (χ0n) is 9.12. The van der Waals surface area contributed by atoms with E-state index in [-0.39, 0.29) is 0 Å². The van der Waals surface area contributed by atoms with Gasteiger partial charge in [0.1, 0.15) is 5.54 Å². The third kappa shape index (κ3) is 2.90. The molecule has 0 aromatic heterocycles. The van der Waals surface area contributed by atoms with Crippen LogP contribution in [0.3, 0.4) is 0 Å². The minimum atomic E-state index is -0.516. The van der Waals surface area contributed by atoms with Crippen LogP contribution in [0.15, 0.2) is 0 Å². The monoisotopic (exact) mass is 212 g/mol. The molecule has 1 rings (SSSR count). The maximum absolute atomic E-state index is 9.02. The molecule has 0 aromatic carbocycles. The van der Waals surface area contributed by atoms with Gasteiger partial charge in [0.2, 0.25) is 0 Å². The Morgan fingerprint density at radius 2 is 2.36 bits per heavy atom. The second-order valence-corrected chi connectivity index (χ2v) is 6.13. The molecule has 0 spiro atoms. The van der Waals surface area contributed by atoms with E-state index < -0.39 is 5.54 Å². The van der Waals surface area contributed by atoms with Crippen molar-refractivity contribution in [2.45, 2.75) is 50.3 Å². The van der Waals surface area contributed by atoms with Crippen LogP contribution >= 0.6 is 11.8 Å². The Kier molecular flexibility index (Phi) is 4.28. The van der Waals surface area contributed by atoms with Crippen molar-refractivity contribution >= 4 is 11.8 Å². The fraction of sp³-hybridized carbons (Fsp3) is 0.909. The highest BCUT2D eigenvalue weighted by atomic mass is 32.2. The largest absolute Gasteiger partial charge is 0.313 e.